The fraction of sp³-hybridized carbons (Fsp3) is 0.529. The Kier molecular flexibility index (Phi) is 7.03. The van der Waals surface area contributed by atoms with Crippen LogP contribution in [-0.2, 0) is 20.9 Å². The van der Waals surface area contributed by atoms with Crippen molar-refractivity contribution in [3.8, 4) is 0 Å². The van der Waals surface area contributed by atoms with Gasteiger partial charge in [0.05, 0.1) is 19.1 Å². The van der Waals surface area contributed by atoms with E-state index < -0.39 is 5.97 Å². The van der Waals surface area contributed by atoms with Gasteiger partial charge in [0.2, 0.25) is 5.91 Å². The molecule has 6 nitrogen and oxygen atoms in total. The Labute approximate surface area is 136 Å². The molecule has 23 heavy (non-hydrogen) atoms. The molecular weight excluding hydrogens is 296 g/mol. The highest BCUT2D eigenvalue weighted by Gasteiger charge is 2.22. The molecule has 0 radical (unpaired) electrons. The van der Waals surface area contributed by atoms with E-state index in [9.17, 15) is 9.59 Å². The number of amides is 1. The second-order valence-electron chi connectivity index (χ2n) is 5.76. The third-order valence-corrected chi connectivity index (χ3v) is 3.77. The van der Waals surface area contributed by atoms with Crippen LogP contribution in [-0.4, -0.2) is 54.2 Å². The van der Waals surface area contributed by atoms with Crippen LogP contribution in [0.2, 0.25) is 0 Å². The van der Waals surface area contributed by atoms with Gasteiger partial charge in [-0.25, -0.2) is 0 Å². The number of carboxylic acid groups (broad SMARTS) is 1. The van der Waals surface area contributed by atoms with E-state index in [2.05, 4.69) is 22.3 Å². The number of hydrogen-bond donors (Lipinski definition) is 2. The molecule has 0 aromatic heterocycles. The largest absolute Gasteiger partial charge is 0.481 e. The molecule has 2 rings (SSSR count). The molecule has 1 aliphatic rings. The average molecular weight is 320 g/mol. The van der Waals surface area contributed by atoms with Gasteiger partial charge < -0.3 is 15.2 Å². The van der Waals surface area contributed by atoms with Gasteiger partial charge >= 0.3 is 5.97 Å². The minimum Gasteiger partial charge on any atom is -0.481 e. The lowest BCUT2D eigenvalue weighted by molar-refractivity contribution is -0.137. The smallest absolute Gasteiger partial charge is 0.303 e. The summed E-state index contributed by atoms with van der Waals surface area (Å²) in [7, 11) is 0. The summed E-state index contributed by atoms with van der Waals surface area (Å²) in [5, 5.41) is 11.3. The van der Waals surface area contributed by atoms with Crippen molar-refractivity contribution in [3.63, 3.8) is 0 Å². The Morgan fingerprint density at radius 1 is 1.30 bits per heavy atom. The average Bonchev–Trinajstić information content (AvgIpc) is 2.53. The zero-order valence-corrected chi connectivity index (χ0v) is 13.2. The van der Waals surface area contributed by atoms with E-state index in [0.29, 0.717) is 26.0 Å². The molecule has 0 spiro atoms. The second kappa shape index (κ2) is 9.27. The third kappa shape index (κ3) is 6.80. The topological polar surface area (TPSA) is 78.9 Å². The molecule has 1 saturated heterocycles. The molecule has 1 aromatic rings. The standard InChI is InChI=1S/C17H24N2O4/c20-16(18-8-4-7-17(21)22)11-15-13-19(9-10-23-15)12-14-5-2-1-3-6-14/h1-3,5-6,15H,4,7-13H2,(H,18,20)(H,21,22). The molecule has 1 atom stereocenters. The van der Waals surface area contributed by atoms with E-state index >= 15 is 0 Å². The first-order chi connectivity index (χ1) is 11.1. The molecule has 1 aromatic carbocycles. The van der Waals surface area contributed by atoms with Crippen LogP contribution >= 0.6 is 0 Å². The monoisotopic (exact) mass is 320 g/mol. The minimum atomic E-state index is -0.841. The first-order valence-corrected chi connectivity index (χ1v) is 8.00. The van der Waals surface area contributed by atoms with Crippen molar-refractivity contribution in [1.29, 1.82) is 0 Å². The van der Waals surface area contributed by atoms with E-state index in [-0.39, 0.29) is 18.4 Å². The highest BCUT2D eigenvalue weighted by Crippen LogP contribution is 2.12. The Morgan fingerprint density at radius 3 is 2.83 bits per heavy atom. The maximum Gasteiger partial charge on any atom is 0.303 e. The van der Waals surface area contributed by atoms with Gasteiger partial charge in [0.15, 0.2) is 0 Å². The molecule has 126 valence electrons. The zero-order chi connectivity index (χ0) is 16.5. The number of carbonyl (C=O) groups is 2. The summed E-state index contributed by atoms with van der Waals surface area (Å²) < 4.78 is 5.66. The summed E-state index contributed by atoms with van der Waals surface area (Å²) in [5.74, 6) is -0.923. The van der Waals surface area contributed by atoms with Gasteiger partial charge in [0, 0.05) is 32.6 Å². The van der Waals surface area contributed by atoms with Gasteiger partial charge in [-0.3, -0.25) is 14.5 Å². The lowest BCUT2D eigenvalue weighted by Gasteiger charge is -2.32. The highest BCUT2D eigenvalue weighted by molar-refractivity contribution is 5.76. The number of aliphatic carboxylic acids is 1. The third-order valence-electron chi connectivity index (χ3n) is 3.77. The summed E-state index contributed by atoms with van der Waals surface area (Å²) in [6, 6.07) is 10.2. The number of carboxylic acids is 1. The molecule has 1 unspecified atom stereocenters. The first-order valence-electron chi connectivity index (χ1n) is 8.00. The van der Waals surface area contributed by atoms with Gasteiger partial charge in [0.1, 0.15) is 0 Å². The number of nitrogens with one attached hydrogen (secondary N) is 1. The summed E-state index contributed by atoms with van der Waals surface area (Å²) in [4.78, 5) is 24.6. The maximum atomic E-state index is 11.9. The number of benzene rings is 1. The number of nitrogens with zero attached hydrogens (tertiary/aromatic N) is 1. The fourth-order valence-electron chi connectivity index (χ4n) is 2.64. The SMILES string of the molecule is O=C(O)CCCNC(=O)CC1CN(Cc2ccccc2)CCO1. The van der Waals surface area contributed by atoms with Crippen LogP contribution in [0.4, 0.5) is 0 Å². The van der Waals surface area contributed by atoms with Crippen LogP contribution in [0.5, 0.6) is 0 Å². The molecular formula is C17H24N2O4. The molecule has 0 aliphatic carbocycles. The van der Waals surface area contributed by atoms with Gasteiger partial charge in [0.25, 0.3) is 0 Å². The van der Waals surface area contributed by atoms with Gasteiger partial charge in [-0.15, -0.1) is 0 Å². The summed E-state index contributed by atoms with van der Waals surface area (Å²) >= 11 is 0. The van der Waals surface area contributed by atoms with Crippen molar-refractivity contribution in [3.05, 3.63) is 35.9 Å². The van der Waals surface area contributed by atoms with Crippen molar-refractivity contribution in [2.75, 3.05) is 26.2 Å². The van der Waals surface area contributed by atoms with Crippen molar-refractivity contribution in [2.24, 2.45) is 0 Å². The van der Waals surface area contributed by atoms with Gasteiger partial charge in [-0.2, -0.15) is 0 Å². The van der Waals surface area contributed by atoms with Crippen LogP contribution in [0.25, 0.3) is 0 Å². The molecule has 1 heterocycles. The molecule has 6 heteroatoms. The Balaban J connectivity index is 1.69. The minimum absolute atomic E-state index is 0.0745. The van der Waals surface area contributed by atoms with E-state index in [4.69, 9.17) is 9.84 Å². The molecule has 0 saturated carbocycles. The highest BCUT2D eigenvalue weighted by atomic mass is 16.5. The molecule has 1 fully saturated rings. The summed E-state index contributed by atoms with van der Waals surface area (Å²) in [6.45, 7) is 3.49. The molecule has 0 bridgehead atoms. The zero-order valence-electron chi connectivity index (χ0n) is 13.2. The lowest BCUT2D eigenvalue weighted by atomic mass is 10.1. The lowest BCUT2D eigenvalue weighted by Crippen LogP contribution is -2.44. The van der Waals surface area contributed by atoms with Crippen molar-refractivity contribution >= 4 is 11.9 Å². The van der Waals surface area contributed by atoms with E-state index in [1.165, 1.54) is 5.56 Å². The number of rotatable bonds is 8. The number of carbonyl (C=O) groups excluding carboxylic acids is 1. The predicted octanol–water partition coefficient (Wildman–Crippen LogP) is 1.26. The van der Waals surface area contributed by atoms with Crippen molar-refractivity contribution < 1.29 is 19.4 Å². The van der Waals surface area contributed by atoms with Gasteiger partial charge in [-0.1, -0.05) is 30.3 Å². The van der Waals surface area contributed by atoms with E-state index in [1.807, 2.05) is 18.2 Å². The van der Waals surface area contributed by atoms with Crippen LogP contribution in [0, 0.1) is 0 Å². The Bertz CT molecular complexity index is 507. The first kappa shape index (κ1) is 17.4. The molecule has 1 amide bonds. The Morgan fingerprint density at radius 2 is 2.09 bits per heavy atom. The van der Waals surface area contributed by atoms with Crippen LogP contribution in [0.1, 0.15) is 24.8 Å². The molecule has 1 aliphatic heterocycles. The van der Waals surface area contributed by atoms with Crippen molar-refractivity contribution in [2.45, 2.75) is 31.9 Å². The van der Waals surface area contributed by atoms with Crippen LogP contribution in [0.3, 0.4) is 0 Å². The second-order valence-corrected chi connectivity index (χ2v) is 5.76. The van der Waals surface area contributed by atoms with Crippen molar-refractivity contribution in [1.82, 2.24) is 10.2 Å². The predicted molar refractivity (Wildman–Crippen MR) is 86.0 cm³/mol. The van der Waals surface area contributed by atoms with E-state index in [1.54, 1.807) is 0 Å². The maximum absolute atomic E-state index is 11.9. The summed E-state index contributed by atoms with van der Waals surface area (Å²) in [6.07, 6.45) is 0.739. The number of morpholine rings is 1. The quantitative estimate of drug-likeness (QED) is 0.705. The fourth-order valence-corrected chi connectivity index (χ4v) is 2.64. The number of hydrogen-bond acceptors (Lipinski definition) is 4. The van der Waals surface area contributed by atoms with Gasteiger partial charge in [-0.05, 0) is 12.0 Å². The Hall–Kier alpha value is -1.92. The number of ether oxygens (including phenoxy) is 1. The summed E-state index contributed by atoms with van der Waals surface area (Å²) in [5.41, 5.74) is 1.26. The van der Waals surface area contributed by atoms with Crippen LogP contribution in [0.15, 0.2) is 30.3 Å². The van der Waals surface area contributed by atoms with Crippen LogP contribution < -0.4 is 5.32 Å². The molecule has 2 N–H and O–H groups in total. The van der Waals surface area contributed by atoms with E-state index in [0.717, 1.165) is 19.6 Å². The normalized spacial score (nSPS) is 18.5.